The maximum atomic E-state index is 9.77. The zero-order chi connectivity index (χ0) is 14.0. The van der Waals surface area contributed by atoms with Gasteiger partial charge < -0.3 is 20.0 Å². The molecule has 4 N–H and O–H groups in total. The van der Waals surface area contributed by atoms with E-state index in [1.54, 1.807) is 6.92 Å². The molecule has 0 rings (SSSR count). The summed E-state index contributed by atoms with van der Waals surface area (Å²) < 4.78 is 19.5. The molecule has 1 atom stereocenters. The molecule has 0 aliphatic rings. The summed E-state index contributed by atoms with van der Waals surface area (Å²) in [5, 5.41) is 16.5. The summed E-state index contributed by atoms with van der Waals surface area (Å²) in [5.74, 6) is 0. The maximum absolute atomic E-state index is 9.77. The lowest BCUT2D eigenvalue weighted by Crippen LogP contribution is -2.00. The van der Waals surface area contributed by atoms with Gasteiger partial charge in [-0.1, -0.05) is 0 Å². The van der Waals surface area contributed by atoms with Crippen molar-refractivity contribution in [3.05, 3.63) is 0 Å². The fourth-order valence-electron chi connectivity index (χ4n) is 0.187. The Morgan fingerprint density at radius 2 is 1.19 bits per heavy atom. The fourth-order valence-corrected chi connectivity index (χ4v) is 0.187. The average Bonchev–Trinajstić information content (AvgIpc) is 1.76. The van der Waals surface area contributed by atoms with Gasteiger partial charge >= 0.3 is 0 Å². The van der Waals surface area contributed by atoms with Gasteiger partial charge in [-0.25, -0.2) is 0 Å². The van der Waals surface area contributed by atoms with Crippen LogP contribution in [0.4, 0.5) is 0 Å². The van der Waals surface area contributed by atoms with Crippen LogP contribution in [0, 0.1) is 0 Å². The Bertz CT molecular complexity index is 192. The molecule has 0 spiro atoms. The molecule has 0 heterocycles. The van der Waals surface area contributed by atoms with Crippen LogP contribution in [-0.4, -0.2) is 59.4 Å². The Morgan fingerprint density at radius 1 is 1.00 bits per heavy atom. The normalized spacial score (nSPS) is 12.8. The highest BCUT2D eigenvalue weighted by Crippen LogP contribution is 2.28. The molecule has 0 fully saturated rings. The van der Waals surface area contributed by atoms with Gasteiger partial charge in [0.1, 0.15) is 0 Å². The van der Waals surface area contributed by atoms with E-state index in [-0.39, 0.29) is 12.7 Å². The second-order valence-corrected chi connectivity index (χ2v) is 9.13. The third kappa shape index (κ3) is 232. The van der Waals surface area contributed by atoms with Crippen molar-refractivity contribution in [1.29, 1.82) is 0 Å². The Kier molecular flexibility index (Phi) is 14.1. The van der Waals surface area contributed by atoms with Gasteiger partial charge in [-0.3, -0.25) is 9.13 Å². The van der Waals surface area contributed by atoms with Crippen LogP contribution in [0.15, 0.2) is 0 Å². The minimum Gasteiger partial charge on any atom is -0.396 e. The predicted octanol–water partition coefficient (Wildman–Crippen LogP) is 0.782. The summed E-state index contributed by atoms with van der Waals surface area (Å²) >= 11 is 0. The third-order valence-corrected chi connectivity index (χ3v) is 0.547. The van der Waals surface area contributed by atoms with Crippen molar-refractivity contribution in [2.75, 3.05) is 33.3 Å². The van der Waals surface area contributed by atoms with Gasteiger partial charge in [0, 0.05) is 33.3 Å². The second kappa shape index (κ2) is 10.5. The molecule has 0 aromatic heterocycles. The van der Waals surface area contributed by atoms with E-state index in [0.717, 1.165) is 0 Å². The quantitative estimate of drug-likeness (QED) is 0.555. The summed E-state index contributed by atoms with van der Waals surface area (Å²) in [6, 6.07) is 0. The zero-order valence-corrected chi connectivity index (χ0v) is 12.3. The molecule has 0 aliphatic carbocycles. The lowest BCUT2D eigenvalue weighted by Gasteiger charge is -1.95. The summed E-state index contributed by atoms with van der Waals surface area (Å²) in [7, 11) is -5.28. The van der Waals surface area contributed by atoms with E-state index < -0.39 is 14.7 Å². The minimum absolute atomic E-state index is 0.0810. The molecule has 102 valence electrons. The third-order valence-electron chi connectivity index (χ3n) is 0.547. The van der Waals surface area contributed by atoms with Crippen molar-refractivity contribution in [2.24, 2.45) is 0 Å². The highest BCUT2D eigenvalue weighted by molar-refractivity contribution is 7.56. The smallest absolute Gasteiger partial charge is 0.194 e. The molecule has 0 bridgehead atoms. The maximum Gasteiger partial charge on any atom is 0.194 e. The van der Waals surface area contributed by atoms with Crippen molar-refractivity contribution in [2.45, 2.75) is 19.4 Å². The monoisotopic (exact) mass is 278 g/mol. The molecular weight excluding hydrogens is 254 g/mol. The molecular formula is C8H24O6P2. The molecule has 0 radical (unpaired) electrons. The lowest BCUT2D eigenvalue weighted by atomic mass is 10.3. The van der Waals surface area contributed by atoms with Gasteiger partial charge in [0.05, 0.1) is 6.10 Å². The van der Waals surface area contributed by atoms with E-state index in [4.69, 9.17) is 20.0 Å². The molecule has 0 saturated carbocycles. The van der Waals surface area contributed by atoms with Crippen molar-refractivity contribution in [3.8, 4) is 0 Å². The number of hydrogen-bond acceptors (Lipinski definition) is 4. The minimum atomic E-state index is -2.64. The summed E-state index contributed by atoms with van der Waals surface area (Å²) in [5.41, 5.74) is 0. The fraction of sp³-hybridized carbons (Fsp3) is 1.00. The van der Waals surface area contributed by atoms with Gasteiger partial charge in [-0.2, -0.15) is 0 Å². The summed E-state index contributed by atoms with van der Waals surface area (Å²) in [4.78, 5) is 16.2. The molecule has 1 unspecified atom stereocenters. The van der Waals surface area contributed by atoms with E-state index in [2.05, 4.69) is 0 Å². The lowest BCUT2D eigenvalue weighted by molar-refractivity contribution is 0.148. The van der Waals surface area contributed by atoms with Crippen LogP contribution in [0.5, 0.6) is 0 Å². The molecule has 8 heteroatoms. The van der Waals surface area contributed by atoms with Gasteiger partial charge in [-0.15, -0.1) is 0 Å². The number of rotatable bonds is 2. The van der Waals surface area contributed by atoms with Gasteiger partial charge in [0.2, 0.25) is 0 Å². The van der Waals surface area contributed by atoms with E-state index in [1.165, 1.54) is 26.7 Å². The van der Waals surface area contributed by atoms with Crippen LogP contribution in [-0.2, 0) is 9.13 Å². The van der Waals surface area contributed by atoms with Crippen LogP contribution in [0.1, 0.15) is 13.3 Å². The SMILES string of the molecule is CC(O)CCO.CP(C)(=O)O.CP(C)(=O)O. The average molecular weight is 278 g/mol. The first-order chi connectivity index (χ1) is 6.77. The van der Waals surface area contributed by atoms with E-state index >= 15 is 0 Å². The molecule has 0 aromatic carbocycles. The van der Waals surface area contributed by atoms with Crippen LogP contribution in [0.2, 0.25) is 0 Å². The van der Waals surface area contributed by atoms with E-state index in [9.17, 15) is 9.13 Å². The van der Waals surface area contributed by atoms with Crippen molar-refractivity contribution in [1.82, 2.24) is 0 Å². The second-order valence-electron chi connectivity index (χ2n) is 3.95. The van der Waals surface area contributed by atoms with Crippen molar-refractivity contribution >= 4 is 14.7 Å². The highest BCUT2D eigenvalue weighted by atomic mass is 31.2. The molecule has 0 saturated heterocycles. The Morgan fingerprint density at radius 3 is 1.19 bits per heavy atom. The first-order valence-corrected chi connectivity index (χ1v) is 9.72. The number of hydrogen-bond donors (Lipinski definition) is 4. The van der Waals surface area contributed by atoms with Gasteiger partial charge in [-0.05, 0) is 13.3 Å². The largest absolute Gasteiger partial charge is 0.396 e. The Labute approximate surface area is 97.2 Å². The molecule has 0 aromatic rings. The van der Waals surface area contributed by atoms with Crippen molar-refractivity contribution < 1.29 is 29.1 Å². The Hall–Kier alpha value is 0.300. The molecule has 0 amide bonds. The van der Waals surface area contributed by atoms with Crippen LogP contribution < -0.4 is 0 Å². The Balaban J connectivity index is -0.000000160. The summed E-state index contributed by atoms with van der Waals surface area (Å²) in [6.07, 6.45) is 0.134. The number of aliphatic hydroxyl groups excluding tert-OH is 2. The number of aliphatic hydroxyl groups is 2. The van der Waals surface area contributed by atoms with Crippen LogP contribution >= 0.6 is 14.7 Å². The molecule has 6 nitrogen and oxygen atoms in total. The zero-order valence-electron chi connectivity index (χ0n) is 10.5. The van der Waals surface area contributed by atoms with E-state index in [0.29, 0.717) is 6.42 Å². The predicted molar refractivity (Wildman–Crippen MR) is 66.7 cm³/mol. The first-order valence-electron chi connectivity index (χ1n) is 4.61. The van der Waals surface area contributed by atoms with Crippen LogP contribution in [0.3, 0.4) is 0 Å². The van der Waals surface area contributed by atoms with Gasteiger partial charge in [0.15, 0.2) is 14.7 Å². The van der Waals surface area contributed by atoms with Crippen LogP contribution in [0.25, 0.3) is 0 Å². The standard InChI is InChI=1S/C4H10O2.2C2H7O2P/c1-4(6)2-3-5;2*1-5(2,3)4/h4-6H,2-3H2,1H3;2*1-2H3,(H,3,4). The van der Waals surface area contributed by atoms with Crippen molar-refractivity contribution in [3.63, 3.8) is 0 Å². The molecule has 0 aliphatic heterocycles. The summed E-state index contributed by atoms with van der Waals surface area (Å²) in [6.45, 7) is 6.92. The highest BCUT2D eigenvalue weighted by Gasteiger charge is 1.92. The topological polar surface area (TPSA) is 115 Å². The first kappa shape index (κ1) is 21.6. The van der Waals surface area contributed by atoms with E-state index in [1.807, 2.05) is 0 Å². The molecule has 16 heavy (non-hydrogen) atoms. The van der Waals surface area contributed by atoms with Gasteiger partial charge in [0.25, 0.3) is 0 Å².